The third-order valence-electron chi connectivity index (χ3n) is 6.27. The van der Waals surface area contributed by atoms with Crippen LogP contribution in [0.25, 0.3) is 43.7 Å². The fourth-order valence-corrected chi connectivity index (χ4v) is 4.42. The molecule has 0 aliphatic rings. The van der Waals surface area contributed by atoms with Gasteiger partial charge in [0.25, 0.3) is 0 Å². The third-order valence-corrected chi connectivity index (χ3v) is 6.27. The second-order valence-corrected chi connectivity index (χ2v) is 7.83. The molecule has 0 aliphatic carbocycles. The molecule has 5 rings (SSSR count). The monoisotopic (exact) mass is 388 g/mol. The summed E-state index contributed by atoms with van der Waals surface area (Å²) in [6.07, 6.45) is 1.61. The van der Waals surface area contributed by atoms with Crippen molar-refractivity contribution in [2.45, 2.75) is 41.5 Å². The molecule has 5 heteroatoms. The normalized spacial score (nSPS) is 12.1. The van der Waals surface area contributed by atoms with Gasteiger partial charge in [-0.05, 0) is 52.7 Å². The second kappa shape index (κ2) is 5.60. The summed E-state index contributed by atoms with van der Waals surface area (Å²) in [5.74, 6) is 1.41. The first-order valence-electron chi connectivity index (χ1n) is 9.53. The van der Waals surface area contributed by atoms with E-state index in [0.29, 0.717) is 49.8 Å². The highest BCUT2D eigenvalue weighted by Crippen LogP contribution is 2.39. The Morgan fingerprint density at radius 2 is 1.34 bits per heavy atom. The molecule has 0 bridgehead atoms. The van der Waals surface area contributed by atoms with Crippen molar-refractivity contribution < 1.29 is 13.3 Å². The van der Waals surface area contributed by atoms with Gasteiger partial charge in [-0.25, -0.2) is 0 Å². The zero-order valence-electron chi connectivity index (χ0n) is 17.2. The average Bonchev–Trinajstić information content (AvgIpc) is 2.68. The molecule has 0 amide bonds. The van der Waals surface area contributed by atoms with E-state index in [0.717, 1.165) is 27.7 Å². The Kier molecular flexibility index (Phi) is 3.42. The van der Waals surface area contributed by atoms with Gasteiger partial charge in [-0.1, -0.05) is 0 Å². The van der Waals surface area contributed by atoms with Crippen LogP contribution in [-0.4, -0.2) is 0 Å². The fraction of sp³-hybridized carbons (Fsp3) is 0.250. The largest absolute Gasteiger partial charge is 0.469 e. The number of fused-ring (bicyclic) bond motifs is 4. The van der Waals surface area contributed by atoms with E-state index in [1.165, 1.54) is 6.07 Å². The molecule has 146 valence electrons. The van der Waals surface area contributed by atoms with Crippen molar-refractivity contribution in [3.8, 4) is 0 Å². The van der Waals surface area contributed by atoms with E-state index >= 15 is 0 Å². The topological polar surface area (TPSA) is 73.6 Å². The Morgan fingerprint density at radius 3 is 2.07 bits per heavy atom. The summed E-state index contributed by atoms with van der Waals surface area (Å²) in [6.45, 7) is 11.2. The standard InChI is InChI=1S/C24H20O5/c1-9-13(5)27-8-15-18(9)12(4)22(26)21-23(15)29-17-7-16(25)11(3)19-10(2)14(6)28-24(21)20(17)19/h7-8H,1-6H3. The predicted octanol–water partition coefficient (Wildman–Crippen LogP) is 5.65. The van der Waals surface area contributed by atoms with Crippen molar-refractivity contribution >= 4 is 43.7 Å². The Bertz CT molecular complexity index is 1640. The van der Waals surface area contributed by atoms with E-state index < -0.39 is 0 Å². The summed E-state index contributed by atoms with van der Waals surface area (Å²) in [4.78, 5) is 26.1. The number of rotatable bonds is 0. The van der Waals surface area contributed by atoms with Gasteiger partial charge in [-0.2, -0.15) is 0 Å². The third kappa shape index (κ3) is 2.10. The molecule has 0 spiro atoms. The van der Waals surface area contributed by atoms with Crippen LogP contribution in [0.15, 0.2) is 35.2 Å². The lowest BCUT2D eigenvalue weighted by Crippen LogP contribution is -2.10. The highest BCUT2D eigenvalue weighted by atomic mass is 16.4. The van der Waals surface area contributed by atoms with Gasteiger partial charge in [0.1, 0.15) is 28.8 Å². The number of benzene rings is 2. The lowest BCUT2D eigenvalue weighted by Gasteiger charge is -2.15. The summed E-state index contributed by atoms with van der Waals surface area (Å²) in [7, 11) is 0. The highest BCUT2D eigenvalue weighted by Gasteiger charge is 2.23. The van der Waals surface area contributed by atoms with Crippen LogP contribution >= 0.6 is 0 Å². The Hall–Kier alpha value is -3.34. The molecule has 0 fully saturated rings. The maximum absolute atomic E-state index is 13.5. The van der Waals surface area contributed by atoms with Crippen LogP contribution in [0.3, 0.4) is 0 Å². The summed E-state index contributed by atoms with van der Waals surface area (Å²) in [6, 6.07) is 1.47. The lowest BCUT2D eigenvalue weighted by molar-refractivity contribution is 0.518. The van der Waals surface area contributed by atoms with Crippen LogP contribution in [0.2, 0.25) is 0 Å². The Morgan fingerprint density at radius 1 is 0.655 bits per heavy atom. The maximum Gasteiger partial charge on any atom is 0.196 e. The van der Waals surface area contributed by atoms with Crippen LogP contribution in [0, 0.1) is 41.5 Å². The minimum absolute atomic E-state index is 0.105. The van der Waals surface area contributed by atoms with E-state index in [1.54, 1.807) is 13.2 Å². The number of aryl methyl sites for hydroxylation is 6. The predicted molar refractivity (Wildman–Crippen MR) is 114 cm³/mol. The quantitative estimate of drug-likeness (QED) is 0.253. The minimum atomic E-state index is -0.135. The first kappa shape index (κ1) is 17.7. The summed E-state index contributed by atoms with van der Waals surface area (Å²) in [5.41, 5.74) is 4.02. The van der Waals surface area contributed by atoms with E-state index in [1.807, 2.05) is 34.6 Å². The fourth-order valence-electron chi connectivity index (χ4n) is 4.42. The van der Waals surface area contributed by atoms with Crippen LogP contribution in [-0.2, 0) is 0 Å². The summed E-state index contributed by atoms with van der Waals surface area (Å²) >= 11 is 0. The molecule has 2 aromatic carbocycles. The van der Waals surface area contributed by atoms with Crippen LogP contribution in [0.5, 0.6) is 0 Å². The van der Waals surface area contributed by atoms with Crippen LogP contribution < -0.4 is 10.9 Å². The van der Waals surface area contributed by atoms with Gasteiger partial charge in [-0.15, -0.1) is 0 Å². The molecule has 3 heterocycles. The first-order valence-corrected chi connectivity index (χ1v) is 9.53. The van der Waals surface area contributed by atoms with E-state index in [2.05, 4.69) is 0 Å². The minimum Gasteiger partial charge on any atom is -0.469 e. The molecule has 0 saturated heterocycles. The van der Waals surface area contributed by atoms with Gasteiger partial charge >= 0.3 is 0 Å². The van der Waals surface area contributed by atoms with Crippen molar-refractivity contribution in [3.63, 3.8) is 0 Å². The molecule has 0 atom stereocenters. The zero-order chi connectivity index (χ0) is 20.8. The van der Waals surface area contributed by atoms with E-state index in [9.17, 15) is 9.59 Å². The number of hydrogen-bond donors (Lipinski definition) is 0. The van der Waals surface area contributed by atoms with Crippen molar-refractivity contribution in [3.05, 3.63) is 66.6 Å². The molecule has 0 saturated carbocycles. The maximum atomic E-state index is 13.5. The molecular weight excluding hydrogens is 368 g/mol. The van der Waals surface area contributed by atoms with E-state index in [4.69, 9.17) is 13.3 Å². The van der Waals surface area contributed by atoms with Gasteiger partial charge in [0, 0.05) is 28.0 Å². The molecule has 0 N–H and O–H groups in total. The van der Waals surface area contributed by atoms with Crippen LogP contribution in [0.4, 0.5) is 0 Å². The molecule has 0 radical (unpaired) electrons. The average molecular weight is 388 g/mol. The van der Waals surface area contributed by atoms with Crippen molar-refractivity contribution in [2.75, 3.05) is 0 Å². The zero-order valence-corrected chi connectivity index (χ0v) is 17.2. The highest BCUT2D eigenvalue weighted by molar-refractivity contribution is 6.20. The molecule has 0 aliphatic heterocycles. The first-order chi connectivity index (χ1) is 13.7. The van der Waals surface area contributed by atoms with Gasteiger partial charge in [0.05, 0.1) is 10.8 Å². The van der Waals surface area contributed by atoms with Gasteiger partial charge in [-0.3, -0.25) is 9.59 Å². The molecule has 5 aromatic rings. The second-order valence-electron chi connectivity index (χ2n) is 7.83. The smallest absolute Gasteiger partial charge is 0.196 e. The number of hydrogen-bond acceptors (Lipinski definition) is 5. The molecule has 5 nitrogen and oxygen atoms in total. The van der Waals surface area contributed by atoms with Crippen molar-refractivity contribution in [1.82, 2.24) is 0 Å². The van der Waals surface area contributed by atoms with Gasteiger partial charge in [0.2, 0.25) is 0 Å². The molecule has 29 heavy (non-hydrogen) atoms. The van der Waals surface area contributed by atoms with Crippen molar-refractivity contribution in [1.29, 1.82) is 0 Å². The van der Waals surface area contributed by atoms with Crippen LogP contribution in [0.1, 0.15) is 33.8 Å². The Labute approximate surface area is 165 Å². The summed E-state index contributed by atoms with van der Waals surface area (Å²) in [5, 5.41) is 3.36. The molecule has 0 unspecified atom stereocenters. The summed E-state index contributed by atoms with van der Waals surface area (Å²) < 4.78 is 18.1. The van der Waals surface area contributed by atoms with Crippen molar-refractivity contribution in [2.24, 2.45) is 0 Å². The molecule has 3 aromatic heterocycles. The van der Waals surface area contributed by atoms with Gasteiger partial charge in [0.15, 0.2) is 22.0 Å². The van der Waals surface area contributed by atoms with Gasteiger partial charge < -0.3 is 13.3 Å². The SMILES string of the molecule is Cc1occ2c(c1C)c(C)c(=O)c1c2oc2cc(=O)c(C)c3c(C)c(C)oc1c23. The Balaban J connectivity index is 2.24. The lowest BCUT2D eigenvalue weighted by atomic mass is 9.95. The molecular formula is C24H20O5. The van der Waals surface area contributed by atoms with E-state index in [-0.39, 0.29) is 10.9 Å².